The minimum Gasteiger partial charge on any atom is -0.443 e. The molecule has 9 heteroatoms. The molecule has 1 N–H and O–H groups in total. The summed E-state index contributed by atoms with van der Waals surface area (Å²) in [7, 11) is 0. The van der Waals surface area contributed by atoms with E-state index < -0.39 is 11.7 Å². The number of benzene rings is 1. The van der Waals surface area contributed by atoms with Gasteiger partial charge in [-0.1, -0.05) is 30.8 Å². The molecule has 1 aromatic carbocycles. The fourth-order valence-electron chi connectivity index (χ4n) is 2.67. The fraction of sp³-hybridized carbons (Fsp3) is 0.318. The van der Waals surface area contributed by atoms with Crippen LogP contribution in [0.4, 0.5) is 10.5 Å². The summed E-state index contributed by atoms with van der Waals surface area (Å²) in [6.07, 6.45) is 3.54. The molecule has 3 aromatic rings. The van der Waals surface area contributed by atoms with Crippen LogP contribution in [-0.4, -0.2) is 43.1 Å². The van der Waals surface area contributed by atoms with E-state index in [4.69, 9.17) is 4.74 Å². The van der Waals surface area contributed by atoms with Gasteiger partial charge in [-0.05, 0) is 57.0 Å². The minimum absolute atomic E-state index is 0.0590. The van der Waals surface area contributed by atoms with Gasteiger partial charge in [-0.15, -0.1) is 10.2 Å². The lowest BCUT2D eigenvalue weighted by Gasteiger charge is -2.20. The molecule has 31 heavy (non-hydrogen) atoms. The third-order valence-electron chi connectivity index (χ3n) is 4.11. The molecule has 0 bridgehead atoms. The molecule has 2 aromatic heterocycles. The van der Waals surface area contributed by atoms with Crippen molar-refractivity contribution < 1.29 is 14.3 Å². The van der Waals surface area contributed by atoms with Crippen LogP contribution >= 0.6 is 11.8 Å². The number of amides is 1. The van der Waals surface area contributed by atoms with Crippen molar-refractivity contribution in [3.63, 3.8) is 0 Å². The van der Waals surface area contributed by atoms with Crippen molar-refractivity contribution in [1.82, 2.24) is 19.7 Å². The Kier molecular flexibility index (Phi) is 7.06. The molecule has 8 nitrogen and oxygen atoms in total. The van der Waals surface area contributed by atoms with Crippen LogP contribution in [0.15, 0.2) is 53.9 Å². The van der Waals surface area contributed by atoms with Gasteiger partial charge >= 0.3 is 6.09 Å². The van der Waals surface area contributed by atoms with Crippen LogP contribution in [0.2, 0.25) is 0 Å². The molecule has 0 fully saturated rings. The number of hydrogen-bond donors (Lipinski definition) is 1. The molecule has 2 heterocycles. The van der Waals surface area contributed by atoms with Gasteiger partial charge in [0.2, 0.25) is 11.1 Å². The molecule has 0 radical (unpaired) electrons. The topological polar surface area (TPSA) is 99.0 Å². The summed E-state index contributed by atoms with van der Waals surface area (Å²) in [5.41, 5.74) is 1.83. The van der Waals surface area contributed by atoms with Crippen molar-refractivity contribution in [2.24, 2.45) is 0 Å². The van der Waals surface area contributed by atoms with Crippen LogP contribution in [0.1, 0.15) is 33.3 Å². The molecular formula is C22H25N5O3S. The quantitative estimate of drug-likeness (QED) is 0.568. The largest absolute Gasteiger partial charge is 0.443 e. The van der Waals surface area contributed by atoms with Gasteiger partial charge < -0.3 is 10.1 Å². The van der Waals surface area contributed by atoms with E-state index in [2.05, 4.69) is 27.4 Å². The van der Waals surface area contributed by atoms with E-state index >= 15 is 0 Å². The molecule has 0 atom stereocenters. The number of nitrogens with one attached hydrogen (secondary N) is 1. The van der Waals surface area contributed by atoms with E-state index in [0.717, 1.165) is 18.2 Å². The smallest absolute Gasteiger partial charge is 0.422 e. The number of carbonyl (C=O) groups is 2. The average Bonchev–Trinajstić information content (AvgIpc) is 3.16. The Morgan fingerprint density at radius 2 is 1.87 bits per heavy atom. The number of pyridine rings is 1. The van der Waals surface area contributed by atoms with Crippen LogP contribution in [0.25, 0.3) is 11.4 Å². The molecule has 0 saturated heterocycles. The fourth-order valence-corrected chi connectivity index (χ4v) is 3.39. The number of hydrogen-bond acceptors (Lipinski definition) is 7. The third-order valence-corrected chi connectivity index (χ3v) is 5.04. The van der Waals surface area contributed by atoms with E-state index in [0.29, 0.717) is 17.1 Å². The second-order valence-corrected chi connectivity index (χ2v) is 8.69. The highest BCUT2D eigenvalue weighted by molar-refractivity contribution is 7.99. The summed E-state index contributed by atoms with van der Waals surface area (Å²) < 4.78 is 6.79. The first-order valence-electron chi connectivity index (χ1n) is 9.87. The molecule has 0 unspecified atom stereocenters. The first-order chi connectivity index (χ1) is 14.8. The van der Waals surface area contributed by atoms with Gasteiger partial charge in [0.1, 0.15) is 5.60 Å². The Hall–Kier alpha value is -3.20. The highest BCUT2D eigenvalue weighted by Crippen LogP contribution is 2.25. The molecule has 0 spiro atoms. The van der Waals surface area contributed by atoms with Gasteiger partial charge in [-0.2, -0.15) is 0 Å². The Bertz CT molecular complexity index is 1040. The zero-order valence-corrected chi connectivity index (χ0v) is 18.8. The number of rotatable bonds is 6. The maximum absolute atomic E-state index is 12.9. The standard InChI is InChI=1S/C22H25N5O3S/c1-5-15-8-10-17(11-9-15)24-18(28)14-31-20-26-25-19(16-7-6-12-23-13-16)27(20)21(29)30-22(2,3)4/h6-13H,5,14H2,1-4H3,(H,24,28). The maximum atomic E-state index is 12.9. The zero-order valence-electron chi connectivity index (χ0n) is 18.0. The summed E-state index contributed by atoms with van der Waals surface area (Å²) in [4.78, 5) is 29.3. The van der Waals surface area contributed by atoms with E-state index in [1.165, 1.54) is 10.1 Å². The number of carbonyl (C=O) groups excluding carboxylic acids is 2. The predicted octanol–water partition coefficient (Wildman–Crippen LogP) is 4.42. The summed E-state index contributed by atoms with van der Waals surface area (Å²) in [5.74, 6) is 0.153. The van der Waals surface area contributed by atoms with Gasteiger partial charge in [0, 0.05) is 23.6 Å². The highest BCUT2D eigenvalue weighted by atomic mass is 32.2. The van der Waals surface area contributed by atoms with Crippen molar-refractivity contribution in [2.45, 2.75) is 44.9 Å². The number of aryl methyl sites for hydroxylation is 1. The van der Waals surface area contributed by atoms with Gasteiger partial charge in [0.25, 0.3) is 0 Å². The molecule has 0 aliphatic heterocycles. The monoisotopic (exact) mass is 439 g/mol. The van der Waals surface area contributed by atoms with E-state index in [1.807, 2.05) is 24.3 Å². The van der Waals surface area contributed by atoms with Gasteiger partial charge in [-0.25, -0.2) is 9.36 Å². The second-order valence-electron chi connectivity index (χ2n) is 7.75. The van der Waals surface area contributed by atoms with Crippen molar-refractivity contribution in [1.29, 1.82) is 0 Å². The Labute approximate surface area is 185 Å². The van der Waals surface area contributed by atoms with E-state index in [9.17, 15) is 9.59 Å². The van der Waals surface area contributed by atoms with Crippen LogP contribution in [-0.2, 0) is 16.0 Å². The number of nitrogens with zero attached hydrogens (tertiary/aromatic N) is 4. The molecule has 0 aliphatic rings. The zero-order chi connectivity index (χ0) is 22.4. The average molecular weight is 440 g/mol. The number of ether oxygens (including phenoxy) is 1. The Morgan fingerprint density at radius 3 is 2.48 bits per heavy atom. The summed E-state index contributed by atoms with van der Waals surface area (Å²) >= 11 is 1.11. The first-order valence-corrected chi connectivity index (χ1v) is 10.9. The van der Waals surface area contributed by atoms with Crippen LogP contribution in [0, 0.1) is 0 Å². The second kappa shape index (κ2) is 9.74. The number of aromatic nitrogens is 4. The lowest BCUT2D eigenvalue weighted by molar-refractivity contribution is -0.113. The Morgan fingerprint density at radius 1 is 1.13 bits per heavy atom. The van der Waals surface area contributed by atoms with Crippen molar-refractivity contribution in [2.75, 3.05) is 11.1 Å². The van der Waals surface area contributed by atoms with Crippen molar-refractivity contribution in [3.05, 3.63) is 54.4 Å². The van der Waals surface area contributed by atoms with Crippen LogP contribution in [0.3, 0.4) is 0 Å². The summed E-state index contributed by atoms with van der Waals surface area (Å²) in [6, 6.07) is 11.2. The summed E-state index contributed by atoms with van der Waals surface area (Å²) in [6.45, 7) is 7.42. The Balaban J connectivity index is 1.77. The molecule has 1 amide bonds. The molecule has 3 rings (SSSR count). The number of anilines is 1. The predicted molar refractivity (Wildman–Crippen MR) is 120 cm³/mol. The van der Waals surface area contributed by atoms with E-state index in [-0.39, 0.29) is 16.8 Å². The molecule has 0 aliphatic carbocycles. The first kappa shape index (κ1) is 22.5. The lowest BCUT2D eigenvalue weighted by atomic mass is 10.1. The molecular weight excluding hydrogens is 414 g/mol. The van der Waals surface area contributed by atoms with Gasteiger partial charge in [0.05, 0.1) is 5.75 Å². The normalized spacial score (nSPS) is 11.2. The maximum Gasteiger partial charge on any atom is 0.422 e. The van der Waals surface area contributed by atoms with Crippen molar-refractivity contribution >= 4 is 29.4 Å². The van der Waals surface area contributed by atoms with Gasteiger partial charge in [0.15, 0.2) is 5.82 Å². The minimum atomic E-state index is -0.697. The van der Waals surface area contributed by atoms with Gasteiger partial charge in [-0.3, -0.25) is 9.78 Å². The molecule has 0 saturated carbocycles. The van der Waals surface area contributed by atoms with Crippen LogP contribution < -0.4 is 5.32 Å². The lowest BCUT2D eigenvalue weighted by Crippen LogP contribution is -2.28. The SMILES string of the molecule is CCc1ccc(NC(=O)CSc2nnc(-c3cccnc3)n2C(=O)OC(C)(C)C)cc1. The van der Waals surface area contributed by atoms with Crippen molar-refractivity contribution in [3.8, 4) is 11.4 Å². The molecule has 162 valence electrons. The number of thioether (sulfide) groups is 1. The summed E-state index contributed by atoms with van der Waals surface area (Å²) in [5, 5.41) is 11.4. The van der Waals surface area contributed by atoms with Crippen LogP contribution in [0.5, 0.6) is 0 Å². The third kappa shape index (κ3) is 6.14. The van der Waals surface area contributed by atoms with E-state index in [1.54, 1.807) is 45.3 Å². The highest BCUT2D eigenvalue weighted by Gasteiger charge is 2.26.